The van der Waals surface area contributed by atoms with Crippen molar-refractivity contribution in [2.24, 2.45) is 0 Å². The molecule has 1 amide bonds. The number of carbonyl (C=O) groups is 1. The third-order valence-corrected chi connectivity index (χ3v) is 6.69. The largest absolute Gasteiger partial charge is 0.497 e. The van der Waals surface area contributed by atoms with Crippen LogP contribution < -0.4 is 9.47 Å². The maximum Gasteiger partial charge on any atom is 0.433 e. The number of carbonyl (C=O) groups excluding carboxylic acids is 1. The number of amides is 1. The van der Waals surface area contributed by atoms with E-state index in [1.807, 2.05) is 4.90 Å². The number of nitrogens with zero attached hydrogens (tertiary/aromatic N) is 5. The summed E-state index contributed by atoms with van der Waals surface area (Å²) in [5.41, 5.74) is -0.244. The Bertz CT molecular complexity index is 1500. The first-order chi connectivity index (χ1) is 18.7. The van der Waals surface area contributed by atoms with Crippen molar-refractivity contribution in [2.45, 2.75) is 12.7 Å². The number of methoxy groups -OCH3 is 2. The summed E-state index contributed by atoms with van der Waals surface area (Å²) in [6.45, 7) is 1.93. The van der Waals surface area contributed by atoms with Crippen molar-refractivity contribution in [3.05, 3.63) is 77.4 Å². The third-order valence-electron chi connectivity index (χ3n) is 6.69. The topological polar surface area (TPSA) is 72.2 Å². The molecule has 39 heavy (non-hydrogen) atoms. The Morgan fingerprint density at radius 1 is 0.949 bits per heavy atom. The van der Waals surface area contributed by atoms with E-state index in [-0.39, 0.29) is 22.7 Å². The molecule has 1 saturated heterocycles. The molecule has 0 unspecified atom stereocenters. The summed E-state index contributed by atoms with van der Waals surface area (Å²) in [6.07, 6.45) is -3.60. The predicted octanol–water partition coefficient (Wildman–Crippen LogP) is 4.53. The number of piperazine rings is 1. The lowest BCUT2D eigenvalue weighted by Crippen LogP contribution is -2.48. The van der Waals surface area contributed by atoms with E-state index >= 15 is 0 Å². The molecule has 1 fully saturated rings. The monoisotopic (exact) mass is 543 g/mol. The summed E-state index contributed by atoms with van der Waals surface area (Å²) in [6, 6.07) is 12.0. The highest BCUT2D eigenvalue weighted by Crippen LogP contribution is 2.33. The van der Waals surface area contributed by atoms with Crippen LogP contribution in [0.2, 0.25) is 0 Å². The molecule has 4 aromatic rings. The summed E-state index contributed by atoms with van der Waals surface area (Å²) < 4.78 is 67.0. The van der Waals surface area contributed by atoms with Crippen LogP contribution in [-0.4, -0.2) is 70.7 Å². The van der Waals surface area contributed by atoms with E-state index < -0.39 is 17.8 Å². The van der Waals surface area contributed by atoms with Gasteiger partial charge in [0.05, 0.1) is 26.1 Å². The van der Waals surface area contributed by atoms with Gasteiger partial charge in [-0.1, -0.05) is 6.07 Å². The van der Waals surface area contributed by atoms with Gasteiger partial charge < -0.3 is 14.4 Å². The lowest BCUT2D eigenvalue weighted by molar-refractivity contribution is -0.142. The number of hydrogen-bond donors (Lipinski definition) is 0. The molecule has 8 nitrogen and oxygen atoms in total. The van der Waals surface area contributed by atoms with Crippen LogP contribution in [0, 0.1) is 5.82 Å². The first-order valence-electron chi connectivity index (χ1n) is 12.1. The van der Waals surface area contributed by atoms with Crippen LogP contribution in [0.5, 0.6) is 11.5 Å². The molecule has 1 aliphatic heterocycles. The Hall–Kier alpha value is -4.19. The van der Waals surface area contributed by atoms with Crippen molar-refractivity contribution in [1.29, 1.82) is 0 Å². The van der Waals surface area contributed by atoms with Gasteiger partial charge >= 0.3 is 6.18 Å². The number of ether oxygens (including phenoxy) is 2. The van der Waals surface area contributed by atoms with Crippen molar-refractivity contribution in [1.82, 2.24) is 24.4 Å². The van der Waals surface area contributed by atoms with Crippen molar-refractivity contribution in [2.75, 3.05) is 40.4 Å². The Labute approximate surface area is 221 Å². The van der Waals surface area contributed by atoms with E-state index in [9.17, 15) is 22.4 Å². The summed E-state index contributed by atoms with van der Waals surface area (Å²) in [4.78, 5) is 21.3. The van der Waals surface area contributed by atoms with Gasteiger partial charge in [0.2, 0.25) is 0 Å². The lowest BCUT2D eigenvalue weighted by Gasteiger charge is -2.34. The van der Waals surface area contributed by atoms with Gasteiger partial charge in [0, 0.05) is 49.9 Å². The Morgan fingerprint density at radius 2 is 1.62 bits per heavy atom. The molecule has 2 aromatic heterocycles. The molecule has 3 heterocycles. The summed E-state index contributed by atoms with van der Waals surface area (Å²) in [7, 11) is 2.95. The minimum Gasteiger partial charge on any atom is -0.497 e. The first-order valence-corrected chi connectivity index (χ1v) is 12.1. The standard InChI is InChI=1S/C27H25F4N5O3/c1-38-19-6-3-17(4-7-19)23-14-24(27(29,30)31)36-25(33-23)21(15-32-36)26(37)35-11-9-34(10-12-35)16-18-5-8-20(39-2)13-22(18)28/h3-8,13-15H,9-12,16H2,1-2H3. The van der Waals surface area contributed by atoms with Crippen LogP contribution in [0.3, 0.4) is 0 Å². The molecule has 1 aliphatic rings. The van der Waals surface area contributed by atoms with Gasteiger partial charge in [-0.15, -0.1) is 0 Å². The molecule has 0 radical (unpaired) electrons. The fraction of sp³-hybridized carbons (Fsp3) is 0.296. The minimum atomic E-state index is -4.73. The average Bonchev–Trinajstić information content (AvgIpc) is 3.37. The number of benzene rings is 2. The van der Waals surface area contributed by atoms with E-state index in [1.54, 1.807) is 41.3 Å². The third kappa shape index (κ3) is 5.37. The number of rotatable bonds is 6. The Balaban J connectivity index is 1.38. The molecule has 0 N–H and O–H groups in total. The maximum atomic E-state index is 14.4. The highest BCUT2D eigenvalue weighted by Gasteiger charge is 2.36. The highest BCUT2D eigenvalue weighted by molar-refractivity contribution is 6.00. The second-order valence-corrected chi connectivity index (χ2v) is 9.07. The molecule has 0 atom stereocenters. The van der Waals surface area contributed by atoms with Crippen LogP contribution in [0.4, 0.5) is 17.6 Å². The maximum absolute atomic E-state index is 14.4. The van der Waals surface area contributed by atoms with Crippen LogP contribution in [-0.2, 0) is 12.7 Å². The van der Waals surface area contributed by atoms with E-state index in [0.29, 0.717) is 59.9 Å². The normalized spacial score (nSPS) is 14.6. The van der Waals surface area contributed by atoms with E-state index in [4.69, 9.17) is 9.47 Å². The summed E-state index contributed by atoms with van der Waals surface area (Å²) >= 11 is 0. The van der Waals surface area contributed by atoms with Gasteiger partial charge in [0.25, 0.3) is 5.91 Å². The predicted molar refractivity (Wildman–Crippen MR) is 134 cm³/mol. The minimum absolute atomic E-state index is 0.0227. The first kappa shape index (κ1) is 26.4. The smallest absolute Gasteiger partial charge is 0.433 e. The van der Waals surface area contributed by atoms with Gasteiger partial charge in [0.15, 0.2) is 11.3 Å². The number of aromatic nitrogens is 3. The number of alkyl halides is 3. The Morgan fingerprint density at radius 3 is 2.23 bits per heavy atom. The van der Waals surface area contributed by atoms with Crippen LogP contribution in [0.1, 0.15) is 21.6 Å². The number of hydrogen-bond acceptors (Lipinski definition) is 6. The van der Waals surface area contributed by atoms with E-state index in [0.717, 1.165) is 12.3 Å². The average molecular weight is 544 g/mol. The highest BCUT2D eigenvalue weighted by atomic mass is 19.4. The molecule has 0 spiro atoms. The molecule has 0 saturated carbocycles. The van der Waals surface area contributed by atoms with Crippen molar-refractivity contribution >= 4 is 11.6 Å². The van der Waals surface area contributed by atoms with Crippen molar-refractivity contribution < 1.29 is 31.8 Å². The molecular formula is C27H25F4N5O3. The zero-order valence-corrected chi connectivity index (χ0v) is 21.2. The van der Waals surface area contributed by atoms with Gasteiger partial charge in [-0.25, -0.2) is 13.9 Å². The molecule has 12 heteroatoms. The molecule has 2 aromatic carbocycles. The van der Waals surface area contributed by atoms with Gasteiger partial charge in [-0.05, 0) is 36.4 Å². The molecule has 5 rings (SSSR count). The van der Waals surface area contributed by atoms with Crippen LogP contribution >= 0.6 is 0 Å². The zero-order valence-electron chi connectivity index (χ0n) is 21.2. The fourth-order valence-electron chi connectivity index (χ4n) is 4.53. The fourth-order valence-corrected chi connectivity index (χ4v) is 4.53. The van der Waals surface area contributed by atoms with Gasteiger partial charge in [-0.2, -0.15) is 18.3 Å². The van der Waals surface area contributed by atoms with Gasteiger partial charge in [-0.3, -0.25) is 9.69 Å². The quantitative estimate of drug-likeness (QED) is 0.333. The van der Waals surface area contributed by atoms with Gasteiger partial charge in [0.1, 0.15) is 22.9 Å². The molecule has 204 valence electrons. The van der Waals surface area contributed by atoms with Crippen molar-refractivity contribution in [3.63, 3.8) is 0 Å². The van der Waals surface area contributed by atoms with Crippen LogP contribution in [0.25, 0.3) is 16.9 Å². The Kier molecular flexibility index (Phi) is 7.13. The molecule has 0 aliphatic carbocycles. The zero-order chi connectivity index (χ0) is 27.7. The molecular weight excluding hydrogens is 518 g/mol. The second kappa shape index (κ2) is 10.5. The molecule has 0 bridgehead atoms. The van der Waals surface area contributed by atoms with E-state index in [2.05, 4.69) is 10.1 Å². The lowest BCUT2D eigenvalue weighted by atomic mass is 10.1. The van der Waals surface area contributed by atoms with Crippen molar-refractivity contribution in [3.8, 4) is 22.8 Å². The summed E-state index contributed by atoms with van der Waals surface area (Å²) in [5, 5.41) is 3.86. The number of halogens is 4. The SMILES string of the molecule is COc1ccc(-c2cc(C(F)(F)F)n3ncc(C(=O)N4CCN(Cc5ccc(OC)cc5F)CC4)c3n2)cc1. The second-order valence-electron chi connectivity index (χ2n) is 9.07. The number of fused-ring (bicyclic) bond motifs is 1. The van der Waals surface area contributed by atoms with Crippen LogP contribution in [0.15, 0.2) is 54.7 Å². The van der Waals surface area contributed by atoms with E-state index in [1.165, 1.54) is 20.3 Å². The summed E-state index contributed by atoms with van der Waals surface area (Å²) in [5.74, 6) is 0.133.